The van der Waals surface area contributed by atoms with Gasteiger partial charge in [-0.05, 0) is 36.2 Å². The molecule has 9 heteroatoms. The molecule has 3 rings (SSSR count). The minimum absolute atomic E-state index is 0.103. The molecule has 0 bridgehead atoms. The van der Waals surface area contributed by atoms with E-state index >= 15 is 0 Å². The Balaban J connectivity index is 1.45. The van der Waals surface area contributed by atoms with Gasteiger partial charge in [0.15, 0.2) is 4.34 Å². The second-order valence-corrected chi connectivity index (χ2v) is 8.56. The fourth-order valence-electron chi connectivity index (χ4n) is 2.43. The van der Waals surface area contributed by atoms with E-state index in [9.17, 15) is 9.18 Å². The van der Waals surface area contributed by atoms with Crippen molar-refractivity contribution < 1.29 is 9.18 Å². The molecule has 0 aliphatic heterocycles. The van der Waals surface area contributed by atoms with Crippen molar-refractivity contribution in [3.05, 3.63) is 70.5 Å². The van der Waals surface area contributed by atoms with E-state index in [1.165, 1.54) is 35.2 Å². The number of hydrogen-bond donors (Lipinski definition) is 2. The van der Waals surface area contributed by atoms with Crippen molar-refractivity contribution >= 4 is 45.7 Å². The number of aromatic nitrogens is 2. The summed E-state index contributed by atoms with van der Waals surface area (Å²) in [5, 5.41) is 15.5. The number of carbonyl (C=O) groups excluding carboxylic acids is 1. The first-order valence-corrected chi connectivity index (χ1v) is 10.7. The number of halogens is 2. The number of nitrogens with one attached hydrogen (secondary N) is 2. The Labute approximate surface area is 175 Å². The molecule has 1 heterocycles. The summed E-state index contributed by atoms with van der Waals surface area (Å²) >= 11 is 8.86. The average Bonchev–Trinajstić information content (AvgIpc) is 3.14. The Kier molecular flexibility index (Phi) is 7.24. The fraction of sp³-hybridized carbons (Fsp3) is 0.211. The first kappa shape index (κ1) is 20.6. The van der Waals surface area contributed by atoms with Crippen LogP contribution in [0.3, 0.4) is 0 Å². The maximum absolute atomic E-state index is 12.9. The van der Waals surface area contributed by atoms with E-state index in [2.05, 4.69) is 20.8 Å². The molecular weight excluding hydrogens is 419 g/mol. The summed E-state index contributed by atoms with van der Waals surface area (Å²) in [5.74, 6) is -0.129. The van der Waals surface area contributed by atoms with Gasteiger partial charge in [0.05, 0.1) is 11.8 Å². The van der Waals surface area contributed by atoms with E-state index in [1.54, 1.807) is 18.2 Å². The van der Waals surface area contributed by atoms with Crippen LogP contribution in [0.2, 0.25) is 5.02 Å². The summed E-state index contributed by atoms with van der Waals surface area (Å²) in [5.41, 5.74) is 1.82. The van der Waals surface area contributed by atoms with E-state index in [4.69, 9.17) is 11.6 Å². The first-order chi connectivity index (χ1) is 13.5. The zero-order chi connectivity index (χ0) is 19.9. The molecular formula is C19H18ClFN4OS2. The molecule has 1 amide bonds. The first-order valence-electron chi connectivity index (χ1n) is 8.49. The largest absolute Gasteiger partial charge is 0.356 e. The van der Waals surface area contributed by atoms with E-state index in [0.717, 1.165) is 11.1 Å². The number of thioether (sulfide) groups is 1. The summed E-state index contributed by atoms with van der Waals surface area (Å²) in [6.07, 6.45) is 0. The third-order valence-electron chi connectivity index (χ3n) is 3.84. The number of carbonyl (C=O) groups is 1. The van der Waals surface area contributed by atoms with Gasteiger partial charge in [-0.15, -0.1) is 10.2 Å². The van der Waals surface area contributed by atoms with Crippen LogP contribution in [0, 0.1) is 5.82 Å². The highest BCUT2D eigenvalue weighted by Gasteiger charge is 2.13. The van der Waals surface area contributed by atoms with Crippen molar-refractivity contribution in [2.45, 2.75) is 23.8 Å². The second-order valence-electron chi connectivity index (χ2n) is 5.95. The lowest BCUT2D eigenvalue weighted by Crippen LogP contribution is -2.28. The average molecular weight is 437 g/mol. The van der Waals surface area contributed by atoms with Crippen LogP contribution in [-0.4, -0.2) is 21.9 Å². The molecule has 5 nitrogen and oxygen atoms in total. The maximum Gasteiger partial charge on any atom is 0.230 e. The number of amides is 1. The van der Waals surface area contributed by atoms with Gasteiger partial charge in [0, 0.05) is 11.6 Å². The van der Waals surface area contributed by atoms with Gasteiger partial charge in [0.1, 0.15) is 5.82 Å². The molecule has 0 aliphatic rings. The minimum atomic E-state index is -0.263. The van der Waals surface area contributed by atoms with Gasteiger partial charge in [0.2, 0.25) is 11.0 Å². The Hall–Kier alpha value is -2.16. The lowest BCUT2D eigenvalue weighted by atomic mass is 10.1. The fourth-order valence-corrected chi connectivity index (χ4v) is 4.29. The monoisotopic (exact) mass is 436 g/mol. The number of hydrogen-bond acceptors (Lipinski definition) is 6. The highest BCUT2D eigenvalue weighted by atomic mass is 35.5. The van der Waals surface area contributed by atoms with Gasteiger partial charge in [-0.25, -0.2) is 4.39 Å². The number of benzene rings is 2. The van der Waals surface area contributed by atoms with Crippen LogP contribution in [0.5, 0.6) is 0 Å². The van der Waals surface area contributed by atoms with Crippen molar-refractivity contribution in [3.63, 3.8) is 0 Å². The smallest absolute Gasteiger partial charge is 0.230 e. The van der Waals surface area contributed by atoms with E-state index in [-0.39, 0.29) is 23.5 Å². The van der Waals surface area contributed by atoms with Crippen molar-refractivity contribution in [1.82, 2.24) is 15.5 Å². The van der Waals surface area contributed by atoms with Crippen molar-refractivity contribution in [2.24, 2.45) is 0 Å². The predicted molar refractivity (Wildman–Crippen MR) is 112 cm³/mol. The van der Waals surface area contributed by atoms with Crippen LogP contribution in [-0.2, 0) is 11.3 Å². The van der Waals surface area contributed by atoms with E-state index in [0.29, 0.717) is 21.0 Å². The highest BCUT2D eigenvalue weighted by Crippen LogP contribution is 2.26. The highest BCUT2D eigenvalue weighted by molar-refractivity contribution is 8.01. The number of nitrogens with zero attached hydrogens (tertiary/aromatic N) is 2. The molecule has 1 aromatic heterocycles. The molecule has 0 aliphatic carbocycles. The SMILES string of the molecule is CC(NC(=O)CSc1nnc(NCc2ccc(F)cc2)s1)c1ccccc1Cl. The third-order valence-corrected chi connectivity index (χ3v) is 6.20. The molecule has 0 radical (unpaired) electrons. The van der Waals surface area contributed by atoms with E-state index < -0.39 is 0 Å². The molecule has 3 aromatic rings. The summed E-state index contributed by atoms with van der Waals surface area (Å²) in [4.78, 5) is 12.2. The van der Waals surface area contributed by atoms with Gasteiger partial charge in [-0.1, -0.05) is 65.0 Å². The third kappa shape index (κ3) is 5.92. The molecule has 0 spiro atoms. The summed E-state index contributed by atoms with van der Waals surface area (Å²) in [7, 11) is 0. The molecule has 146 valence electrons. The van der Waals surface area contributed by atoms with Crippen molar-refractivity contribution in [3.8, 4) is 0 Å². The molecule has 0 fully saturated rings. The number of anilines is 1. The molecule has 2 aromatic carbocycles. The minimum Gasteiger partial charge on any atom is -0.356 e. The Morgan fingerprint density at radius 1 is 1.21 bits per heavy atom. The molecule has 28 heavy (non-hydrogen) atoms. The Bertz CT molecular complexity index is 936. The lowest BCUT2D eigenvalue weighted by molar-refractivity contribution is -0.119. The molecule has 1 atom stereocenters. The molecule has 2 N–H and O–H groups in total. The zero-order valence-corrected chi connectivity index (χ0v) is 17.4. The Morgan fingerprint density at radius 2 is 1.96 bits per heavy atom. The summed E-state index contributed by atoms with van der Waals surface area (Å²) in [6, 6.07) is 13.5. The quantitative estimate of drug-likeness (QED) is 0.491. The molecule has 0 saturated carbocycles. The molecule has 1 unspecified atom stereocenters. The predicted octanol–water partition coefficient (Wildman–Crippen LogP) is 4.91. The maximum atomic E-state index is 12.9. The number of rotatable bonds is 8. The van der Waals surface area contributed by atoms with Gasteiger partial charge >= 0.3 is 0 Å². The summed E-state index contributed by atoms with van der Waals surface area (Å²) in [6.45, 7) is 2.42. The molecule has 0 saturated heterocycles. The summed E-state index contributed by atoms with van der Waals surface area (Å²) < 4.78 is 13.6. The van der Waals surface area contributed by atoms with Crippen LogP contribution < -0.4 is 10.6 Å². The van der Waals surface area contributed by atoms with Gasteiger partial charge in [0.25, 0.3) is 0 Å². The Morgan fingerprint density at radius 3 is 2.71 bits per heavy atom. The van der Waals surface area contributed by atoms with Crippen LogP contribution in [0.4, 0.5) is 9.52 Å². The van der Waals surface area contributed by atoms with Crippen LogP contribution in [0.1, 0.15) is 24.1 Å². The lowest BCUT2D eigenvalue weighted by Gasteiger charge is -2.15. The second kappa shape index (κ2) is 9.86. The van der Waals surface area contributed by atoms with Crippen molar-refractivity contribution in [1.29, 1.82) is 0 Å². The van der Waals surface area contributed by atoms with Gasteiger partial charge < -0.3 is 10.6 Å². The standard InChI is InChI=1S/C19H18ClFN4OS2/c1-12(15-4-2-3-5-16(15)20)23-17(26)11-27-19-25-24-18(28-19)22-10-13-6-8-14(21)9-7-13/h2-9,12H,10-11H2,1H3,(H,22,24)(H,23,26). The van der Waals surface area contributed by atoms with Crippen molar-refractivity contribution in [2.75, 3.05) is 11.1 Å². The van der Waals surface area contributed by atoms with Crippen LogP contribution >= 0.6 is 34.7 Å². The van der Waals surface area contributed by atoms with E-state index in [1.807, 2.05) is 25.1 Å². The van der Waals surface area contributed by atoms with Gasteiger partial charge in [-0.2, -0.15) is 0 Å². The zero-order valence-electron chi connectivity index (χ0n) is 15.0. The normalized spacial score (nSPS) is 11.8. The topological polar surface area (TPSA) is 66.9 Å². The van der Waals surface area contributed by atoms with Gasteiger partial charge in [-0.3, -0.25) is 4.79 Å². The van der Waals surface area contributed by atoms with Crippen LogP contribution in [0.25, 0.3) is 0 Å². The van der Waals surface area contributed by atoms with Crippen LogP contribution in [0.15, 0.2) is 52.9 Å².